The number of benzene rings is 2. The standard InChI is InChI=1S/C11H10O2S/c1-8-6-10(14(12)13)7-9-4-2-3-5-11(8)9/h2-7H,1H3,(H,12,13). The molecule has 0 saturated carbocycles. The van der Waals surface area contributed by atoms with Gasteiger partial charge in [0.05, 0.1) is 4.90 Å². The minimum absolute atomic E-state index is 0.459. The van der Waals surface area contributed by atoms with Gasteiger partial charge in [-0.05, 0) is 35.4 Å². The third kappa shape index (κ3) is 1.56. The Morgan fingerprint density at radius 1 is 1.21 bits per heavy atom. The maximum absolute atomic E-state index is 10.9. The highest BCUT2D eigenvalue weighted by Gasteiger charge is 2.03. The average Bonchev–Trinajstić information content (AvgIpc) is 2.17. The zero-order valence-corrected chi connectivity index (χ0v) is 8.54. The molecule has 0 fully saturated rings. The Bertz CT molecular complexity index is 506. The van der Waals surface area contributed by atoms with E-state index in [0.29, 0.717) is 4.90 Å². The molecule has 1 unspecified atom stereocenters. The fourth-order valence-corrected chi connectivity index (χ4v) is 2.07. The van der Waals surface area contributed by atoms with Crippen LogP contribution in [-0.4, -0.2) is 8.76 Å². The lowest BCUT2D eigenvalue weighted by Crippen LogP contribution is -1.90. The molecule has 0 aromatic heterocycles. The average molecular weight is 206 g/mol. The topological polar surface area (TPSA) is 37.3 Å². The molecule has 0 heterocycles. The van der Waals surface area contributed by atoms with Crippen LogP contribution in [0.1, 0.15) is 5.56 Å². The molecule has 0 aliphatic carbocycles. The summed E-state index contributed by atoms with van der Waals surface area (Å²) in [5.41, 5.74) is 1.03. The van der Waals surface area contributed by atoms with Gasteiger partial charge >= 0.3 is 0 Å². The van der Waals surface area contributed by atoms with Gasteiger partial charge in [-0.25, -0.2) is 4.21 Å². The van der Waals surface area contributed by atoms with E-state index >= 15 is 0 Å². The first kappa shape index (κ1) is 9.37. The number of aryl methyl sites for hydroxylation is 1. The minimum Gasteiger partial charge on any atom is -0.302 e. The number of hydrogen-bond donors (Lipinski definition) is 1. The van der Waals surface area contributed by atoms with Crippen LogP contribution in [0.2, 0.25) is 0 Å². The molecular formula is C11H10O2S. The van der Waals surface area contributed by atoms with Crippen LogP contribution in [0.3, 0.4) is 0 Å². The summed E-state index contributed by atoms with van der Waals surface area (Å²) in [5.74, 6) is 0. The summed E-state index contributed by atoms with van der Waals surface area (Å²) in [6.45, 7) is 1.94. The summed E-state index contributed by atoms with van der Waals surface area (Å²) in [6.07, 6.45) is 0. The molecule has 0 aliphatic rings. The molecule has 2 aromatic rings. The van der Waals surface area contributed by atoms with Crippen molar-refractivity contribution in [2.75, 3.05) is 0 Å². The SMILES string of the molecule is Cc1cc(S(=O)O)cc2ccccc12. The van der Waals surface area contributed by atoms with Crippen molar-refractivity contribution in [3.05, 3.63) is 42.0 Å². The molecule has 2 rings (SSSR count). The summed E-state index contributed by atoms with van der Waals surface area (Å²) in [6, 6.07) is 11.3. The smallest absolute Gasteiger partial charge is 0.186 e. The summed E-state index contributed by atoms with van der Waals surface area (Å²) >= 11 is -1.90. The Morgan fingerprint density at radius 2 is 1.93 bits per heavy atom. The van der Waals surface area contributed by atoms with Gasteiger partial charge in [0.1, 0.15) is 0 Å². The largest absolute Gasteiger partial charge is 0.302 e. The van der Waals surface area contributed by atoms with Gasteiger partial charge in [0, 0.05) is 0 Å². The first-order valence-electron chi connectivity index (χ1n) is 4.29. The van der Waals surface area contributed by atoms with Gasteiger partial charge in [-0.1, -0.05) is 24.3 Å². The van der Waals surface area contributed by atoms with Crippen LogP contribution in [0.4, 0.5) is 0 Å². The Kier molecular flexibility index (Phi) is 2.35. The molecule has 0 spiro atoms. The second-order valence-electron chi connectivity index (χ2n) is 3.21. The van der Waals surface area contributed by atoms with Crippen molar-refractivity contribution < 1.29 is 8.76 Å². The summed E-state index contributed by atoms with van der Waals surface area (Å²) in [4.78, 5) is 0.459. The van der Waals surface area contributed by atoms with E-state index < -0.39 is 11.1 Å². The van der Waals surface area contributed by atoms with Crippen molar-refractivity contribution in [2.45, 2.75) is 11.8 Å². The zero-order valence-electron chi connectivity index (χ0n) is 7.73. The van der Waals surface area contributed by atoms with E-state index in [1.54, 1.807) is 12.1 Å². The van der Waals surface area contributed by atoms with Crippen molar-refractivity contribution >= 4 is 21.9 Å². The Hall–Kier alpha value is -1.19. The molecule has 1 atom stereocenters. The first-order chi connectivity index (χ1) is 6.68. The maximum atomic E-state index is 10.9. The normalized spacial score (nSPS) is 13.0. The van der Waals surface area contributed by atoms with Gasteiger partial charge in [0.15, 0.2) is 11.1 Å². The van der Waals surface area contributed by atoms with Gasteiger partial charge < -0.3 is 4.55 Å². The Balaban J connectivity index is 2.78. The summed E-state index contributed by atoms with van der Waals surface area (Å²) < 4.78 is 19.9. The molecule has 0 radical (unpaired) electrons. The summed E-state index contributed by atoms with van der Waals surface area (Å²) in [7, 11) is 0. The van der Waals surface area contributed by atoms with Gasteiger partial charge in [0.2, 0.25) is 0 Å². The van der Waals surface area contributed by atoms with E-state index in [2.05, 4.69) is 0 Å². The molecule has 1 N–H and O–H groups in total. The van der Waals surface area contributed by atoms with Crippen LogP contribution in [0.25, 0.3) is 10.8 Å². The lowest BCUT2D eigenvalue weighted by atomic mass is 10.1. The fourth-order valence-electron chi connectivity index (χ4n) is 1.57. The second kappa shape index (κ2) is 3.52. The molecule has 0 saturated heterocycles. The Morgan fingerprint density at radius 3 is 2.64 bits per heavy atom. The maximum Gasteiger partial charge on any atom is 0.186 e. The predicted octanol–water partition coefficient (Wildman–Crippen LogP) is 2.73. The van der Waals surface area contributed by atoms with E-state index in [1.807, 2.05) is 31.2 Å². The van der Waals surface area contributed by atoms with Crippen LogP contribution < -0.4 is 0 Å². The molecule has 2 nitrogen and oxygen atoms in total. The summed E-state index contributed by atoms with van der Waals surface area (Å²) in [5, 5.41) is 2.13. The van der Waals surface area contributed by atoms with Crippen molar-refractivity contribution in [3.63, 3.8) is 0 Å². The third-order valence-corrected chi connectivity index (χ3v) is 2.88. The Labute approximate surface area is 84.9 Å². The monoisotopic (exact) mass is 206 g/mol. The van der Waals surface area contributed by atoms with Gasteiger partial charge in [0.25, 0.3) is 0 Å². The molecule has 2 aromatic carbocycles. The van der Waals surface area contributed by atoms with Gasteiger partial charge in [-0.15, -0.1) is 0 Å². The molecule has 72 valence electrons. The number of rotatable bonds is 1. The third-order valence-electron chi connectivity index (χ3n) is 2.24. The highest BCUT2D eigenvalue weighted by molar-refractivity contribution is 7.79. The van der Waals surface area contributed by atoms with Crippen LogP contribution in [0, 0.1) is 6.92 Å². The highest BCUT2D eigenvalue weighted by atomic mass is 32.2. The van der Waals surface area contributed by atoms with Crippen molar-refractivity contribution in [1.29, 1.82) is 0 Å². The molecule has 14 heavy (non-hydrogen) atoms. The minimum atomic E-state index is -1.90. The van der Waals surface area contributed by atoms with Gasteiger partial charge in [-0.3, -0.25) is 0 Å². The fraction of sp³-hybridized carbons (Fsp3) is 0.0909. The van der Waals surface area contributed by atoms with Crippen molar-refractivity contribution in [2.24, 2.45) is 0 Å². The van der Waals surface area contributed by atoms with E-state index in [0.717, 1.165) is 16.3 Å². The number of hydrogen-bond acceptors (Lipinski definition) is 1. The van der Waals surface area contributed by atoms with Crippen LogP contribution in [0.5, 0.6) is 0 Å². The van der Waals surface area contributed by atoms with E-state index in [1.165, 1.54) is 0 Å². The van der Waals surface area contributed by atoms with Crippen molar-refractivity contribution in [3.8, 4) is 0 Å². The number of fused-ring (bicyclic) bond motifs is 1. The highest BCUT2D eigenvalue weighted by Crippen LogP contribution is 2.21. The molecule has 0 amide bonds. The van der Waals surface area contributed by atoms with Gasteiger partial charge in [-0.2, -0.15) is 0 Å². The van der Waals surface area contributed by atoms with E-state index in [-0.39, 0.29) is 0 Å². The lowest BCUT2D eigenvalue weighted by molar-refractivity contribution is 0.564. The van der Waals surface area contributed by atoms with Crippen molar-refractivity contribution in [1.82, 2.24) is 0 Å². The molecule has 0 bridgehead atoms. The van der Waals surface area contributed by atoms with Crippen LogP contribution >= 0.6 is 0 Å². The van der Waals surface area contributed by atoms with E-state index in [9.17, 15) is 4.21 Å². The predicted molar refractivity (Wildman–Crippen MR) is 57.7 cm³/mol. The quantitative estimate of drug-likeness (QED) is 0.728. The first-order valence-corrected chi connectivity index (χ1v) is 5.39. The second-order valence-corrected chi connectivity index (χ2v) is 4.18. The zero-order chi connectivity index (χ0) is 10.1. The lowest BCUT2D eigenvalue weighted by Gasteiger charge is -2.03. The van der Waals surface area contributed by atoms with Crippen LogP contribution in [-0.2, 0) is 11.1 Å². The van der Waals surface area contributed by atoms with Crippen LogP contribution in [0.15, 0.2) is 41.3 Å². The molecular weight excluding hydrogens is 196 g/mol. The van der Waals surface area contributed by atoms with E-state index in [4.69, 9.17) is 4.55 Å². The molecule has 0 aliphatic heterocycles. The molecule has 3 heteroatoms.